The Labute approximate surface area is 198 Å². The Morgan fingerprint density at radius 2 is 1.82 bits per heavy atom. The monoisotopic (exact) mass is 464 g/mol. The molecule has 9 nitrogen and oxygen atoms in total. The van der Waals surface area contributed by atoms with Gasteiger partial charge in [-0.05, 0) is 37.5 Å². The summed E-state index contributed by atoms with van der Waals surface area (Å²) < 4.78 is 13.3. The Bertz CT molecular complexity index is 1090. The lowest BCUT2D eigenvalue weighted by molar-refractivity contribution is 0.0529. The molecule has 178 valence electrons. The fraction of sp³-hybridized carbons (Fsp3) is 0.417. The highest BCUT2D eigenvalue weighted by Gasteiger charge is 2.34. The van der Waals surface area contributed by atoms with Gasteiger partial charge in [0.2, 0.25) is 5.95 Å². The number of hydrogen-bond acceptors (Lipinski definition) is 9. The lowest BCUT2D eigenvalue weighted by Gasteiger charge is -2.47. The predicted octanol–water partition coefficient (Wildman–Crippen LogP) is 2.97. The van der Waals surface area contributed by atoms with Crippen molar-refractivity contribution in [2.75, 3.05) is 41.7 Å². The number of nitrogens with one attached hydrogen (secondary N) is 2. The first kappa shape index (κ1) is 22.4. The summed E-state index contributed by atoms with van der Waals surface area (Å²) in [5, 5.41) is 16.3. The first-order valence-corrected chi connectivity index (χ1v) is 11.6. The molecule has 3 N–H and O–H groups in total. The Hall–Kier alpha value is -3.37. The number of likely N-dealkylation sites (tertiary alicyclic amines) is 1. The fourth-order valence-corrected chi connectivity index (χ4v) is 4.37. The molecule has 0 spiro atoms. The SMILES string of the molecule is C[C@H](Nc1nc(Nc2cnccn2)cc(N2CC(N3CCC(O)CC3)C2)n1)c1ccc(F)cc1. The molecule has 4 heterocycles. The Morgan fingerprint density at radius 3 is 2.53 bits per heavy atom. The van der Waals surface area contributed by atoms with Gasteiger partial charge in [0.15, 0.2) is 0 Å². The van der Waals surface area contributed by atoms with Crippen molar-refractivity contribution in [2.45, 2.75) is 38.0 Å². The number of piperidine rings is 1. The topological polar surface area (TPSA) is 102 Å². The van der Waals surface area contributed by atoms with Crippen LogP contribution < -0.4 is 15.5 Å². The minimum absolute atomic E-state index is 0.107. The molecule has 5 rings (SSSR count). The molecule has 0 radical (unpaired) electrons. The average molecular weight is 465 g/mol. The minimum Gasteiger partial charge on any atom is -0.393 e. The van der Waals surface area contributed by atoms with E-state index in [0.29, 0.717) is 23.6 Å². The van der Waals surface area contributed by atoms with Crippen molar-refractivity contribution in [3.05, 3.63) is 60.3 Å². The second kappa shape index (κ2) is 9.86. The maximum atomic E-state index is 13.3. The maximum absolute atomic E-state index is 13.3. The standard InChI is InChI=1S/C24H29FN8O/c1-16(17-2-4-18(25)5-3-17)28-24-30-21(29-22-13-26-8-9-27-22)12-23(31-24)33-14-19(15-33)32-10-6-20(34)7-11-32/h2-5,8-9,12-13,16,19-20,34H,6-7,10-11,14-15H2,1H3,(H2,27,28,29,30,31)/t16-/m0/s1. The van der Waals surface area contributed by atoms with Gasteiger partial charge in [-0.1, -0.05) is 12.1 Å². The maximum Gasteiger partial charge on any atom is 0.227 e. The third kappa shape index (κ3) is 5.23. The van der Waals surface area contributed by atoms with Crippen LogP contribution >= 0.6 is 0 Å². The van der Waals surface area contributed by atoms with E-state index in [-0.39, 0.29) is 18.0 Å². The Morgan fingerprint density at radius 1 is 1.06 bits per heavy atom. The zero-order valence-electron chi connectivity index (χ0n) is 19.1. The van der Waals surface area contributed by atoms with Gasteiger partial charge in [-0.3, -0.25) is 9.88 Å². The van der Waals surface area contributed by atoms with Crippen LogP contribution in [-0.4, -0.2) is 68.3 Å². The quantitative estimate of drug-likeness (QED) is 0.487. The van der Waals surface area contributed by atoms with E-state index in [2.05, 4.69) is 35.4 Å². The van der Waals surface area contributed by atoms with Crippen molar-refractivity contribution in [2.24, 2.45) is 0 Å². The van der Waals surface area contributed by atoms with Crippen LogP contribution in [0.5, 0.6) is 0 Å². The molecule has 0 bridgehead atoms. The largest absolute Gasteiger partial charge is 0.393 e. The van der Waals surface area contributed by atoms with Crippen LogP contribution in [0.2, 0.25) is 0 Å². The second-order valence-electron chi connectivity index (χ2n) is 8.89. The third-order valence-electron chi connectivity index (χ3n) is 6.45. The summed E-state index contributed by atoms with van der Waals surface area (Å²) in [5.74, 6) is 2.25. The molecular formula is C24H29FN8O. The number of aliphatic hydroxyl groups is 1. The molecule has 1 atom stereocenters. The lowest BCUT2D eigenvalue weighted by atomic mass is 10.0. The number of rotatable bonds is 7. The van der Waals surface area contributed by atoms with Crippen molar-refractivity contribution in [1.82, 2.24) is 24.8 Å². The van der Waals surface area contributed by atoms with Crippen molar-refractivity contribution >= 4 is 23.4 Å². The van der Waals surface area contributed by atoms with E-state index in [1.165, 1.54) is 12.1 Å². The lowest BCUT2D eigenvalue weighted by Crippen LogP contribution is -2.61. The molecule has 2 aromatic heterocycles. The van der Waals surface area contributed by atoms with Gasteiger partial charge in [-0.25, -0.2) is 9.37 Å². The Kier molecular flexibility index (Phi) is 6.50. The summed E-state index contributed by atoms with van der Waals surface area (Å²) in [6.45, 7) is 5.62. The normalized spacial score (nSPS) is 18.4. The minimum atomic E-state index is -0.264. The van der Waals surface area contributed by atoms with Crippen molar-refractivity contribution in [1.29, 1.82) is 0 Å². The highest BCUT2D eigenvalue weighted by atomic mass is 19.1. The fourth-order valence-electron chi connectivity index (χ4n) is 4.37. The van der Waals surface area contributed by atoms with Gasteiger partial charge >= 0.3 is 0 Å². The molecule has 2 aliphatic rings. The molecule has 3 aromatic rings. The van der Waals surface area contributed by atoms with Crippen LogP contribution in [0, 0.1) is 5.82 Å². The molecular weight excluding hydrogens is 435 g/mol. The molecule has 2 fully saturated rings. The zero-order valence-corrected chi connectivity index (χ0v) is 19.1. The summed E-state index contributed by atoms with van der Waals surface area (Å²) >= 11 is 0. The highest BCUT2D eigenvalue weighted by molar-refractivity contribution is 5.60. The van der Waals surface area contributed by atoms with Crippen molar-refractivity contribution < 1.29 is 9.50 Å². The molecule has 34 heavy (non-hydrogen) atoms. The number of halogens is 1. The van der Waals surface area contributed by atoms with Crippen LogP contribution in [0.25, 0.3) is 0 Å². The van der Waals surface area contributed by atoms with Crippen molar-refractivity contribution in [3.63, 3.8) is 0 Å². The van der Waals surface area contributed by atoms with Gasteiger partial charge < -0.3 is 20.6 Å². The molecule has 2 saturated heterocycles. The number of hydrogen-bond donors (Lipinski definition) is 3. The average Bonchev–Trinajstić information content (AvgIpc) is 2.80. The molecule has 0 amide bonds. The number of anilines is 4. The number of aliphatic hydroxyl groups excluding tert-OH is 1. The van der Waals surface area contributed by atoms with E-state index in [4.69, 9.17) is 4.98 Å². The molecule has 0 aliphatic carbocycles. The summed E-state index contributed by atoms with van der Waals surface area (Å²) in [6, 6.07) is 8.68. The number of aromatic nitrogens is 4. The molecule has 0 saturated carbocycles. The van der Waals surface area contributed by atoms with Gasteiger partial charge in [-0.2, -0.15) is 9.97 Å². The number of nitrogens with zero attached hydrogens (tertiary/aromatic N) is 6. The predicted molar refractivity (Wildman–Crippen MR) is 129 cm³/mol. The van der Waals surface area contributed by atoms with Crippen LogP contribution in [0.1, 0.15) is 31.4 Å². The summed E-state index contributed by atoms with van der Waals surface area (Å²) in [6.07, 6.45) is 6.39. The molecule has 2 aliphatic heterocycles. The first-order chi connectivity index (χ1) is 16.5. The van der Waals surface area contributed by atoms with Crippen LogP contribution in [0.15, 0.2) is 48.9 Å². The molecule has 1 aromatic carbocycles. The van der Waals surface area contributed by atoms with Gasteiger partial charge in [0, 0.05) is 50.7 Å². The van der Waals surface area contributed by atoms with E-state index in [1.54, 1.807) is 30.7 Å². The van der Waals surface area contributed by atoms with E-state index in [0.717, 1.165) is 50.4 Å². The Balaban J connectivity index is 1.33. The van der Waals surface area contributed by atoms with E-state index < -0.39 is 0 Å². The van der Waals surface area contributed by atoms with Gasteiger partial charge in [0.25, 0.3) is 0 Å². The van der Waals surface area contributed by atoms with Gasteiger partial charge in [0.05, 0.1) is 18.3 Å². The van der Waals surface area contributed by atoms with Crippen LogP contribution in [0.4, 0.5) is 27.8 Å². The van der Waals surface area contributed by atoms with E-state index >= 15 is 0 Å². The number of benzene rings is 1. The van der Waals surface area contributed by atoms with Gasteiger partial charge in [0.1, 0.15) is 23.3 Å². The third-order valence-corrected chi connectivity index (χ3v) is 6.45. The van der Waals surface area contributed by atoms with E-state index in [1.807, 2.05) is 13.0 Å². The summed E-state index contributed by atoms with van der Waals surface area (Å²) in [7, 11) is 0. The molecule has 10 heteroatoms. The summed E-state index contributed by atoms with van der Waals surface area (Å²) in [4.78, 5) is 22.5. The van der Waals surface area contributed by atoms with Crippen molar-refractivity contribution in [3.8, 4) is 0 Å². The first-order valence-electron chi connectivity index (χ1n) is 11.6. The van der Waals surface area contributed by atoms with E-state index in [9.17, 15) is 9.50 Å². The molecule has 0 unspecified atom stereocenters. The van der Waals surface area contributed by atoms with Crippen LogP contribution in [0.3, 0.4) is 0 Å². The summed E-state index contributed by atoms with van der Waals surface area (Å²) in [5.41, 5.74) is 0.940. The highest BCUT2D eigenvalue weighted by Crippen LogP contribution is 2.28. The van der Waals surface area contributed by atoms with Crippen LogP contribution in [-0.2, 0) is 0 Å². The smallest absolute Gasteiger partial charge is 0.227 e. The zero-order chi connectivity index (χ0) is 23.5. The second-order valence-corrected chi connectivity index (χ2v) is 8.89. The van der Waals surface area contributed by atoms with Gasteiger partial charge in [-0.15, -0.1) is 0 Å².